The second kappa shape index (κ2) is 5.70. The lowest BCUT2D eigenvalue weighted by atomic mass is 9.90. The molecule has 1 aliphatic heterocycles. The molecule has 4 nitrogen and oxygen atoms in total. The smallest absolute Gasteiger partial charge is 0.0803 e. The molecule has 0 saturated carbocycles. The minimum absolute atomic E-state index is 0.102. The summed E-state index contributed by atoms with van der Waals surface area (Å²) >= 11 is 1.46. The number of nitrogens with two attached hydrogens (primary N) is 1. The van der Waals surface area contributed by atoms with Gasteiger partial charge >= 0.3 is 0 Å². The first-order chi connectivity index (χ1) is 7.83. The summed E-state index contributed by atoms with van der Waals surface area (Å²) in [4.78, 5) is 1.19. The molecule has 0 radical (unpaired) electrons. The van der Waals surface area contributed by atoms with Crippen LogP contribution in [0.1, 0.15) is 42.8 Å². The molecule has 1 aliphatic rings. The zero-order valence-corrected chi connectivity index (χ0v) is 10.5. The van der Waals surface area contributed by atoms with E-state index in [4.69, 9.17) is 10.5 Å². The van der Waals surface area contributed by atoms with Gasteiger partial charge in [-0.25, -0.2) is 0 Å². The van der Waals surface area contributed by atoms with E-state index in [1.165, 1.54) is 16.4 Å². The molecule has 16 heavy (non-hydrogen) atoms. The third kappa shape index (κ3) is 2.59. The Labute approximate surface area is 100 Å². The Morgan fingerprint density at radius 2 is 2.25 bits per heavy atom. The van der Waals surface area contributed by atoms with Crippen molar-refractivity contribution in [2.75, 3.05) is 13.2 Å². The maximum atomic E-state index is 6.32. The van der Waals surface area contributed by atoms with E-state index >= 15 is 0 Å². The van der Waals surface area contributed by atoms with Crippen LogP contribution in [0, 0.1) is 5.92 Å². The van der Waals surface area contributed by atoms with Gasteiger partial charge in [-0.05, 0) is 36.7 Å². The van der Waals surface area contributed by atoms with Crippen LogP contribution in [0.25, 0.3) is 0 Å². The molecular formula is C11H19N3OS. The van der Waals surface area contributed by atoms with Gasteiger partial charge in [0.05, 0.1) is 10.6 Å². The summed E-state index contributed by atoms with van der Waals surface area (Å²) in [6.45, 7) is 3.84. The maximum Gasteiger partial charge on any atom is 0.0803 e. The molecule has 1 aromatic rings. The van der Waals surface area contributed by atoms with Gasteiger partial charge in [0.2, 0.25) is 0 Å². The lowest BCUT2D eigenvalue weighted by molar-refractivity contribution is 0.0586. The van der Waals surface area contributed by atoms with E-state index in [2.05, 4.69) is 16.5 Å². The van der Waals surface area contributed by atoms with E-state index in [0.717, 1.165) is 44.6 Å². The first-order valence-electron chi connectivity index (χ1n) is 5.97. The van der Waals surface area contributed by atoms with Gasteiger partial charge in [-0.1, -0.05) is 17.8 Å². The quantitative estimate of drug-likeness (QED) is 0.875. The highest BCUT2D eigenvalue weighted by molar-refractivity contribution is 7.05. The SMILES string of the molecule is CCCc1nnsc1C(N)C1CCOCC1. The van der Waals surface area contributed by atoms with Crippen molar-refractivity contribution in [3.8, 4) is 0 Å². The minimum Gasteiger partial charge on any atom is -0.381 e. The first kappa shape index (κ1) is 12.0. The predicted octanol–water partition coefficient (Wildman–Crippen LogP) is 1.92. The van der Waals surface area contributed by atoms with Gasteiger partial charge in [-0.3, -0.25) is 0 Å². The summed E-state index contributed by atoms with van der Waals surface area (Å²) < 4.78 is 9.40. The minimum atomic E-state index is 0.102. The summed E-state index contributed by atoms with van der Waals surface area (Å²) in [5.41, 5.74) is 7.42. The van der Waals surface area contributed by atoms with Gasteiger partial charge in [0, 0.05) is 19.3 Å². The molecule has 90 valence electrons. The maximum absolute atomic E-state index is 6.32. The molecule has 2 heterocycles. The molecule has 0 bridgehead atoms. The molecule has 1 fully saturated rings. The molecule has 0 spiro atoms. The number of hydrogen-bond donors (Lipinski definition) is 1. The van der Waals surface area contributed by atoms with Crippen LogP contribution in [0.2, 0.25) is 0 Å². The van der Waals surface area contributed by atoms with Gasteiger partial charge < -0.3 is 10.5 Å². The van der Waals surface area contributed by atoms with Crippen molar-refractivity contribution in [3.05, 3.63) is 10.6 Å². The molecule has 1 saturated heterocycles. The van der Waals surface area contributed by atoms with Crippen LogP contribution in [0.15, 0.2) is 0 Å². The van der Waals surface area contributed by atoms with Crippen LogP contribution in [0.4, 0.5) is 0 Å². The number of ether oxygens (including phenoxy) is 1. The van der Waals surface area contributed by atoms with Gasteiger partial charge in [-0.15, -0.1) is 5.10 Å². The van der Waals surface area contributed by atoms with E-state index < -0.39 is 0 Å². The molecule has 2 rings (SSSR count). The van der Waals surface area contributed by atoms with E-state index in [1.807, 2.05) is 0 Å². The number of hydrogen-bond acceptors (Lipinski definition) is 5. The summed E-state index contributed by atoms with van der Waals surface area (Å²) in [5.74, 6) is 0.534. The zero-order chi connectivity index (χ0) is 11.4. The van der Waals surface area contributed by atoms with Crippen LogP contribution >= 0.6 is 11.5 Å². The highest BCUT2D eigenvalue weighted by Crippen LogP contribution is 2.31. The topological polar surface area (TPSA) is 61.0 Å². The van der Waals surface area contributed by atoms with Crippen molar-refractivity contribution in [2.24, 2.45) is 11.7 Å². The van der Waals surface area contributed by atoms with Crippen molar-refractivity contribution < 1.29 is 4.74 Å². The number of nitrogens with zero attached hydrogens (tertiary/aromatic N) is 2. The molecule has 0 aliphatic carbocycles. The van der Waals surface area contributed by atoms with Crippen LogP contribution in [0.5, 0.6) is 0 Å². The Kier molecular flexibility index (Phi) is 4.26. The van der Waals surface area contributed by atoms with Gasteiger partial charge in [0.1, 0.15) is 0 Å². The Morgan fingerprint density at radius 3 is 2.94 bits per heavy atom. The largest absolute Gasteiger partial charge is 0.381 e. The second-order valence-corrected chi connectivity index (χ2v) is 5.10. The van der Waals surface area contributed by atoms with Crippen LogP contribution in [-0.2, 0) is 11.2 Å². The fourth-order valence-electron chi connectivity index (χ4n) is 2.17. The molecule has 1 aromatic heterocycles. The van der Waals surface area contributed by atoms with Crippen molar-refractivity contribution in [1.29, 1.82) is 0 Å². The van der Waals surface area contributed by atoms with E-state index in [1.54, 1.807) is 0 Å². The standard InChI is InChI=1S/C11H19N3OS/c1-2-3-9-11(16-14-13-9)10(12)8-4-6-15-7-5-8/h8,10H,2-7,12H2,1H3. The third-order valence-corrected chi connectivity index (χ3v) is 4.02. The Balaban J connectivity index is 2.06. The van der Waals surface area contributed by atoms with Gasteiger partial charge in [-0.2, -0.15) is 0 Å². The normalized spacial score (nSPS) is 19.9. The molecule has 1 atom stereocenters. The van der Waals surface area contributed by atoms with Crippen molar-refractivity contribution in [1.82, 2.24) is 9.59 Å². The zero-order valence-electron chi connectivity index (χ0n) is 9.69. The fourth-order valence-corrected chi connectivity index (χ4v) is 2.96. The molecule has 0 amide bonds. The monoisotopic (exact) mass is 241 g/mol. The first-order valence-corrected chi connectivity index (χ1v) is 6.74. The van der Waals surface area contributed by atoms with E-state index in [-0.39, 0.29) is 6.04 Å². The lowest BCUT2D eigenvalue weighted by Gasteiger charge is -2.27. The van der Waals surface area contributed by atoms with E-state index in [0.29, 0.717) is 5.92 Å². The summed E-state index contributed by atoms with van der Waals surface area (Å²) in [6, 6.07) is 0.102. The average Bonchev–Trinajstić information content (AvgIpc) is 2.78. The molecule has 1 unspecified atom stereocenters. The van der Waals surface area contributed by atoms with E-state index in [9.17, 15) is 0 Å². The Bertz CT molecular complexity index is 323. The van der Waals surface area contributed by atoms with Gasteiger partial charge in [0.25, 0.3) is 0 Å². The highest BCUT2D eigenvalue weighted by Gasteiger charge is 2.25. The highest BCUT2D eigenvalue weighted by atomic mass is 32.1. The second-order valence-electron chi connectivity index (χ2n) is 4.31. The van der Waals surface area contributed by atoms with Crippen molar-refractivity contribution in [3.63, 3.8) is 0 Å². The summed E-state index contributed by atoms with van der Waals surface area (Å²) in [5, 5.41) is 4.18. The fraction of sp³-hybridized carbons (Fsp3) is 0.818. The van der Waals surface area contributed by atoms with Crippen LogP contribution < -0.4 is 5.73 Å². The number of rotatable bonds is 4. The van der Waals surface area contributed by atoms with Gasteiger partial charge in [0.15, 0.2) is 0 Å². The Morgan fingerprint density at radius 1 is 1.50 bits per heavy atom. The van der Waals surface area contributed by atoms with Crippen LogP contribution in [0.3, 0.4) is 0 Å². The number of aromatic nitrogens is 2. The predicted molar refractivity (Wildman–Crippen MR) is 64.4 cm³/mol. The molecular weight excluding hydrogens is 222 g/mol. The third-order valence-electron chi connectivity index (χ3n) is 3.15. The molecule has 0 aromatic carbocycles. The summed E-state index contributed by atoms with van der Waals surface area (Å²) in [6.07, 6.45) is 4.21. The molecule has 2 N–H and O–H groups in total. The van der Waals surface area contributed by atoms with Crippen LogP contribution in [-0.4, -0.2) is 22.8 Å². The lowest BCUT2D eigenvalue weighted by Crippen LogP contribution is -2.27. The number of aryl methyl sites for hydroxylation is 1. The summed E-state index contributed by atoms with van der Waals surface area (Å²) in [7, 11) is 0. The van der Waals surface area contributed by atoms with Crippen molar-refractivity contribution in [2.45, 2.75) is 38.6 Å². The molecule has 5 heteroatoms. The Hall–Kier alpha value is -0.520. The average molecular weight is 241 g/mol. The van der Waals surface area contributed by atoms with Crippen molar-refractivity contribution >= 4 is 11.5 Å².